The van der Waals surface area contributed by atoms with Crippen molar-refractivity contribution in [2.24, 2.45) is 5.73 Å². The fourth-order valence-corrected chi connectivity index (χ4v) is 0.760. The van der Waals surface area contributed by atoms with Gasteiger partial charge in [-0.05, 0) is 0 Å². The molecule has 0 fully saturated rings. The van der Waals surface area contributed by atoms with Crippen LogP contribution in [0.3, 0.4) is 0 Å². The Kier molecular flexibility index (Phi) is 3.94. The lowest BCUT2D eigenvalue weighted by atomic mass is 10.5. The van der Waals surface area contributed by atoms with Crippen LogP contribution in [-0.4, -0.2) is 35.9 Å². The average Bonchev–Trinajstić information content (AvgIpc) is 2.57. The number of hydrogen-bond acceptors (Lipinski definition) is 4. The van der Waals surface area contributed by atoms with E-state index in [1.807, 2.05) is 0 Å². The summed E-state index contributed by atoms with van der Waals surface area (Å²) in [4.78, 5) is 11.1. The molecule has 6 heteroatoms. The largest absolute Gasteiger partial charge is 0.370 e. The molecule has 0 atom stereocenters. The second-order valence-electron chi connectivity index (χ2n) is 2.36. The molecule has 4 N–H and O–H groups in total. The number of anilines is 1. The van der Waals surface area contributed by atoms with Gasteiger partial charge in [0.25, 0.3) is 5.91 Å². The van der Waals surface area contributed by atoms with Crippen LogP contribution >= 0.6 is 0 Å². The first kappa shape index (κ1) is 9.69. The van der Waals surface area contributed by atoms with Crippen molar-refractivity contribution < 1.29 is 9.53 Å². The molecule has 0 saturated carbocycles. The molecule has 0 unspecified atom stereocenters. The van der Waals surface area contributed by atoms with Crippen molar-refractivity contribution >= 4 is 11.7 Å². The highest BCUT2D eigenvalue weighted by Crippen LogP contribution is 1.97. The average molecular weight is 184 g/mol. The van der Waals surface area contributed by atoms with Gasteiger partial charge in [-0.25, -0.2) is 0 Å². The number of nitrogens with one attached hydrogen (secondary N) is 2. The number of rotatable bonds is 5. The molecular formula is C7H12N4O2. The van der Waals surface area contributed by atoms with Crippen molar-refractivity contribution in [3.05, 3.63) is 12.3 Å². The molecule has 1 heterocycles. The summed E-state index contributed by atoms with van der Waals surface area (Å²) in [5.41, 5.74) is 5.18. The fourth-order valence-electron chi connectivity index (χ4n) is 0.760. The Morgan fingerprint density at radius 3 is 3.23 bits per heavy atom. The van der Waals surface area contributed by atoms with E-state index in [4.69, 9.17) is 10.5 Å². The summed E-state index contributed by atoms with van der Waals surface area (Å²) < 4.78 is 4.92. The first-order chi connectivity index (χ1) is 6.33. The third kappa shape index (κ3) is 3.68. The van der Waals surface area contributed by atoms with Gasteiger partial charge in [-0.2, -0.15) is 5.10 Å². The van der Waals surface area contributed by atoms with Crippen molar-refractivity contribution in [1.82, 2.24) is 10.2 Å². The highest BCUT2D eigenvalue weighted by molar-refractivity contribution is 5.90. The van der Waals surface area contributed by atoms with Crippen LogP contribution in [0.4, 0.5) is 5.82 Å². The Hall–Kier alpha value is -1.40. The van der Waals surface area contributed by atoms with Gasteiger partial charge >= 0.3 is 0 Å². The van der Waals surface area contributed by atoms with Crippen molar-refractivity contribution in [2.75, 3.05) is 25.1 Å². The van der Waals surface area contributed by atoms with Crippen molar-refractivity contribution in [3.63, 3.8) is 0 Å². The molecule has 0 aliphatic rings. The third-order valence-corrected chi connectivity index (χ3v) is 1.27. The normalized spacial score (nSPS) is 9.92. The van der Waals surface area contributed by atoms with E-state index in [1.165, 1.54) is 0 Å². The molecule has 6 nitrogen and oxygen atoms in total. The molecule has 1 aromatic heterocycles. The van der Waals surface area contributed by atoms with Gasteiger partial charge < -0.3 is 15.8 Å². The monoisotopic (exact) mass is 184 g/mol. The number of amides is 1. The molecule has 0 aliphatic heterocycles. The maximum atomic E-state index is 11.1. The topological polar surface area (TPSA) is 93.0 Å². The predicted molar refractivity (Wildman–Crippen MR) is 47.1 cm³/mol. The Labute approximate surface area is 75.5 Å². The molecule has 0 saturated heterocycles. The third-order valence-electron chi connectivity index (χ3n) is 1.27. The number of ether oxygens (including phenoxy) is 1. The van der Waals surface area contributed by atoms with Crippen LogP contribution in [0.2, 0.25) is 0 Å². The summed E-state index contributed by atoms with van der Waals surface area (Å²) in [6.07, 6.45) is 1.55. The molecule has 0 aromatic carbocycles. The molecule has 1 rings (SSSR count). The van der Waals surface area contributed by atoms with E-state index in [2.05, 4.69) is 15.5 Å². The summed E-state index contributed by atoms with van der Waals surface area (Å²) in [6.45, 7) is 0.809. The lowest BCUT2D eigenvalue weighted by molar-refractivity contribution is -0.120. The van der Waals surface area contributed by atoms with Crippen LogP contribution < -0.4 is 11.1 Å². The molecule has 0 radical (unpaired) electrons. The number of nitrogens with two attached hydrogens (primary N) is 1. The van der Waals surface area contributed by atoms with Crippen molar-refractivity contribution in [2.45, 2.75) is 0 Å². The van der Waals surface area contributed by atoms with Crippen molar-refractivity contribution in [3.8, 4) is 0 Å². The number of carbonyl (C=O) groups is 1. The van der Waals surface area contributed by atoms with Gasteiger partial charge in [0.1, 0.15) is 12.4 Å². The summed E-state index contributed by atoms with van der Waals surface area (Å²) in [5, 5.41) is 8.83. The van der Waals surface area contributed by atoms with Crippen LogP contribution in [0.25, 0.3) is 0 Å². The molecule has 72 valence electrons. The molecule has 0 aliphatic carbocycles. The predicted octanol–water partition coefficient (Wildman–Crippen LogP) is -0.677. The Balaban J connectivity index is 2.18. The van der Waals surface area contributed by atoms with E-state index in [0.29, 0.717) is 19.0 Å². The van der Waals surface area contributed by atoms with E-state index in [-0.39, 0.29) is 12.5 Å². The zero-order valence-corrected chi connectivity index (χ0v) is 7.12. The Bertz CT molecular complexity index is 247. The summed E-state index contributed by atoms with van der Waals surface area (Å²) in [6, 6.07) is 1.65. The standard InChI is InChI=1S/C7H12N4O2/c8-2-4-13-5-7(12)10-6-1-3-9-11-6/h1,3H,2,4-5,8H2,(H2,9,10,11,12). The smallest absolute Gasteiger partial charge is 0.251 e. The second kappa shape index (κ2) is 5.28. The zero-order chi connectivity index (χ0) is 9.52. The number of H-pyrrole nitrogens is 1. The van der Waals surface area contributed by atoms with Crippen LogP contribution in [0.15, 0.2) is 12.3 Å². The number of aromatic amines is 1. The molecule has 13 heavy (non-hydrogen) atoms. The molecule has 0 bridgehead atoms. The minimum atomic E-state index is -0.224. The van der Waals surface area contributed by atoms with Gasteiger partial charge in [-0.15, -0.1) is 0 Å². The number of carbonyl (C=O) groups excluding carboxylic acids is 1. The highest BCUT2D eigenvalue weighted by Gasteiger charge is 2.01. The number of aromatic nitrogens is 2. The van der Waals surface area contributed by atoms with Crippen molar-refractivity contribution in [1.29, 1.82) is 0 Å². The molecule has 0 spiro atoms. The van der Waals surface area contributed by atoms with Gasteiger partial charge in [0.2, 0.25) is 0 Å². The summed E-state index contributed by atoms with van der Waals surface area (Å²) in [7, 11) is 0. The number of hydrogen-bond donors (Lipinski definition) is 3. The maximum absolute atomic E-state index is 11.1. The highest BCUT2D eigenvalue weighted by atomic mass is 16.5. The van der Waals surface area contributed by atoms with Gasteiger partial charge in [-0.3, -0.25) is 9.89 Å². The van der Waals surface area contributed by atoms with Gasteiger partial charge in [0.05, 0.1) is 12.8 Å². The minimum Gasteiger partial charge on any atom is -0.370 e. The lowest BCUT2D eigenvalue weighted by Crippen LogP contribution is -2.20. The van der Waals surface area contributed by atoms with Crippen LogP contribution in [0.1, 0.15) is 0 Å². The van der Waals surface area contributed by atoms with E-state index < -0.39 is 0 Å². The van der Waals surface area contributed by atoms with Crippen LogP contribution in [0.5, 0.6) is 0 Å². The molecule has 1 aromatic rings. The quantitative estimate of drug-likeness (QED) is 0.529. The van der Waals surface area contributed by atoms with E-state index in [0.717, 1.165) is 0 Å². The molecule has 1 amide bonds. The summed E-state index contributed by atoms with van der Waals surface area (Å²) >= 11 is 0. The first-order valence-corrected chi connectivity index (χ1v) is 3.90. The first-order valence-electron chi connectivity index (χ1n) is 3.90. The van der Waals surface area contributed by atoms with Gasteiger partial charge in [0, 0.05) is 12.6 Å². The molecular weight excluding hydrogens is 172 g/mol. The lowest BCUT2D eigenvalue weighted by Gasteiger charge is -2.02. The van der Waals surface area contributed by atoms with Gasteiger partial charge in [0.15, 0.2) is 0 Å². The Morgan fingerprint density at radius 1 is 1.77 bits per heavy atom. The SMILES string of the molecule is NCCOCC(=O)Nc1ccn[nH]1. The van der Waals surface area contributed by atoms with E-state index >= 15 is 0 Å². The second-order valence-corrected chi connectivity index (χ2v) is 2.36. The number of nitrogens with zero attached hydrogens (tertiary/aromatic N) is 1. The van der Waals surface area contributed by atoms with E-state index in [9.17, 15) is 4.79 Å². The van der Waals surface area contributed by atoms with Crippen LogP contribution in [0, 0.1) is 0 Å². The van der Waals surface area contributed by atoms with Gasteiger partial charge in [-0.1, -0.05) is 0 Å². The zero-order valence-electron chi connectivity index (χ0n) is 7.12. The van der Waals surface area contributed by atoms with Crippen LogP contribution in [-0.2, 0) is 9.53 Å². The minimum absolute atomic E-state index is 0.0101. The fraction of sp³-hybridized carbons (Fsp3) is 0.429. The maximum Gasteiger partial charge on any atom is 0.251 e. The Morgan fingerprint density at radius 2 is 2.62 bits per heavy atom. The van der Waals surface area contributed by atoms with E-state index in [1.54, 1.807) is 12.3 Å². The summed E-state index contributed by atoms with van der Waals surface area (Å²) in [5.74, 6) is 0.332.